The summed E-state index contributed by atoms with van der Waals surface area (Å²) < 4.78 is 0. The average molecular weight is 361 g/mol. The van der Waals surface area contributed by atoms with E-state index in [1.807, 2.05) is 4.90 Å². The van der Waals surface area contributed by atoms with Gasteiger partial charge in [-0.1, -0.05) is 0 Å². The summed E-state index contributed by atoms with van der Waals surface area (Å²) in [4.78, 5) is 28.4. The number of halogens is 1. The minimum atomic E-state index is -0.421. The van der Waals surface area contributed by atoms with Crippen LogP contribution < -0.4 is 5.32 Å². The zero-order chi connectivity index (χ0) is 15.7. The Kier molecular flexibility index (Phi) is 5.96. The van der Waals surface area contributed by atoms with Crippen LogP contribution in [0.1, 0.15) is 21.0 Å². The number of nitro groups is 1. The second kappa shape index (κ2) is 7.57. The summed E-state index contributed by atoms with van der Waals surface area (Å²) in [5.41, 5.74) is 0.0474. The number of thiophene rings is 1. The molecule has 3 rings (SSSR count). The minimum absolute atomic E-state index is 0. The van der Waals surface area contributed by atoms with Crippen LogP contribution in [0.2, 0.25) is 0 Å². The van der Waals surface area contributed by atoms with Crippen LogP contribution in [0.25, 0.3) is 0 Å². The molecule has 1 amide bonds. The lowest BCUT2D eigenvalue weighted by Gasteiger charge is -2.32. The van der Waals surface area contributed by atoms with Crippen molar-refractivity contribution in [1.29, 1.82) is 0 Å². The van der Waals surface area contributed by atoms with E-state index in [-0.39, 0.29) is 24.0 Å². The van der Waals surface area contributed by atoms with Crippen molar-refractivity contribution < 1.29 is 9.72 Å². The van der Waals surface area contributed by atoms with Crippen LogP contribution in [0.3, 0.4) is 0 Å². The number of carbonyl (C=O) groups excluding carboxylic acids is 1. The third-order valence-corrected chi connectivity index (χ3v) is 5.45. The largest absolute Gasteiger partial charge is 0.336 e. The Morgan fingerprint density at radius 3 is 2.70 bits per heavy atom. The number of aryl methyl sites for hydroxylation is 1. The predicted molar refractivity (Wildman–Crippen MR) is 91.7 cm³/mol. The van der Waals surface area contributed by atoms with E-state index in [9.17, 15) is 14.9 Å². The summed E-state index contributed by atoms with van der Waals surface area (Å²) in [5.74, 6) is -0.0705. The zero-order valence-electron chi connectivity index (χ0n) is 13.0. The molecule has 2 aliphatic heterocycles. The average Bonchev–Trinajstić information content (AvgIpc) is 3.14. The van der Waals surface area contributed by atoms with Gasteiger partial charge in [-0.3, -0.25) is 19.8 Å². The molecule has 23 heavy (non-hydrogen) atoms. The van der Waals surface area contributed by atoms with Gasteiger partial charge in [-0.2, -0.15) is 0 Å². The Morgan fingerprint density at radius 1 is 1.39 bits per heavy atom. The van der Waals surface area contributed by atoms with Gasteiger partial charge in [0.2, 0.25) is 0 Å². The fraction of sp³-hybridized carbons (Fsp3) is 0.643. The lowest BCUT2D eigenvalue weighted by molar-refractivity contribution is -0.385. The lowest BCUT2D eigenvalue weighted by atomic mass is 10.2. The molecule has 1 aromatic rings. The van der Waals surface area contributed by atoms with Crippen molar-refractivity contribution in [3.8, 4) is 0 Å². The number of rotatable bonds is 3. The highest BCUT2D eigenvalue weighted by Crippen LogP contribution is 2.30. The van der Waals surface area contributed by atoms with E-state index in [0.29, 0.717) is 15.8 Å². The summed E-state index contributed by atoms with van der Waals surface area (Å²) >= 11 is 1.22. The van der Waals surface area contributed by atoms with Crippen molar-refractivity contribution in [3.63, 3.8) is 0 Å². The standard InChI is InChI=1S/C14H20N4O3S.ClH/c1-10-12(18(20)21)8-13(22-10)14(19)17-5-2-11(9-17)16-6-3-15-4-7-16;/h8,11,15H,2-7,9H2,1H3;1H. The van der Waals surface area contributed by atoms with Crippen molar-refractivity contribution in [2.24, 2.45) is 0 Å². The Hall–Kier alpha value is -1.22. The van der Waals surface area contributed by atoms with E-state index in [0.717, 1.165) is 45.7 Å². The van der Waals surface area contributed by atoms with E-state index in [1.54, 1.807) is 6.92 Å². The highest BCUT2D eigenvalue weighted by Gasteiger charge is 2.32. The van der Waals surface area contributed by atoms with Gasteiger partial charge in [0, 0.05) is 51.4 Å². The molecule has 0 saturated carbocycles. The van der Waals surface area contributed by atoms with Gasteiger partial charge in [-0.25, -0.2) is 0 Å². The van der Waals surface area contributed by atoms with Gasteiger partial charge in [0.1, 0.15) is 0 Å². The summed E-state index contributed by atoms with van der Waals surface area (Å²) in [7, 11) is 0. The molecule has 0 aliphatic carbocycles. The Morgan fingerprint density at radius 2 is 2.09 bits per heavy atom. The van der Waals surface area contributed by atoms with Crippen LogP contribution in [0.5, 0.6) is 0 Å². The quantitative estimate of drug-likeness (QED) is 0.653. The zero-order valence-corrected chi connectivity index (χ0v) is 14.6. The third kappa shape index (κ3) is 3.82. The van der Waals surface area contributed by atoms with Crippen LogP contribution in [-0.2, 0) is 0 Å². The number of nitrogens with zero attached hydrogens (tertiary/aromatic N) is 3. The Bertz CT molecular complexity index is 589. The predicted octanol–water partition coefficient (Wildman–Crippen LogP) is 1.51. The Labute approximate surface area is 145 Å². The first-order chi connectivity index (χ1) is 10.6. The van der Waals surface area contributed by atoms with Crippen LogP contribution in [0.15, 0.2) is 6.07 Å². The maximum atomic E-state index is 12.5. The van der Waals surface area contributed by atoms with E-state index >= 15 is 0 Å². The molecule has 2 aliphatic rings. The first-order valence-electron chi connectivity index (χ1n) is 7.55. The molecule has 0 aromatic carbocycles. The lowest BCUT2D eigenvalue weighted by Crippen LogP contribution is -2.49. The number of amides is 1. The van der Waals surface area contributed by atoms with Crippen LogP contribution in [-0.4, -0.2) is 65.9 Å². The fourth-order valence-corrected chi connectivity index (χ4v) is 4.14. The molecule has 3 heterocycles. The molecule has 1 N–H and O–H groups in total. The number of piperazine rings is 1. The first kappa shape index (κ1) is 18.1. The molecule has 128 valence electrons. The molecule has 0 bridgehead atoms. The SMILES string of the molecule is Cc1sc(C(=O)N2CCC(N3CCNCC3)C2)cc1[N+](=O)[O-].Cl. The molecule has 0 radical (unpaired) electrons. The molecule has 9 heteroatoms. The maximum Gasteiger partial charge on any atom is 0.283 e. The molecule has 0 spiro atoms. The molecule has 1 aromatic heterocycles. The van der Waals surface area contributed by atoms with Crippen molar-refractivity contribution >= 4 is 35.3 Å². The first-order valence-corrected chi connectivity index (χ1v) is 8.37. The summed E-state index contributed by atoms with van der Waals surface area (Å²) in [5, 5.41) is 14.2. The van der Waals surface area contributed by atoms with Crippen molar-refractivity contribution in [1.82, 2.24) is 15.1 Å². The molecular weight excluding hydrogens is 340 g/mol. The molecule has 2 saturated heterocycles. The maximum absolute atomic E-state index is 12.5. The second-order valence-electron chi connectivity index (χ2n) is 5.79. The highest BCUT2D eigenvalue weighted by atomic mass is 35.5. The highest BCUT2D eigenvalue weighted by molar-refractivity contribution is 7.14. The van der Waals surface area contributed by atoms with E-state index < -0.39 is 4.92 Å². The molecular formula is C14H21ClN4O3S. The van der Waals surface area contributed by atoms with Crippen LogP contribution in [0.4, 0.5) is 5.69 Å². The summed E-state index contributed by atoms with van der Waals surface area (Å²) in [6.07, 6.45) is 0.984. The van der Waals surface area contributed by atoms with Crippen LogP contribution in [0, 0.1) is 17.0 Å². The van der Waals surface area contributed by atoms with Gasteiger partial charge in [0.25, 0.3) is 11.6 Å². The van der Waals surface area contributed by atoms with Gasteiger partial charge >= 0.3 is 0 Å². The normalized spacial score (nSPS) is 22.0. The van der Waals surface area contributed by atoms with E-state index in [2.05, 4.69) is 10.2 Å². The smallest absolute Gasteiger partial charge is 0.283 e. The van der Waals surface area contributed by atoms with Crippen molar-refractivity contribution in [2.45, 2.75) is 19.4 Å². The third-order valence-electron chi connectivity index (χ3n) is 4.42. The van der Waals surface area contributed by atoms with Gasteiger partial charge in [0.05, 0.1) is 14.7 Å². The van der Waals surface area contributed by atoms with Gasteiger partial charge in [0.15, 0.2) is 0 Å². The molecule has 1 atom stereocenters. The van der Waals surface area contributed by atoms with E-state index in [1.165, 1.54) is 17.4 Å². The number of hydrogen-bond donors (Lipinski definition) is 1. The molecule has 2 fully saturated rings. The van der Waals surface area contributed by atoms with Gasteiger partial charge < -0.3 is 10.2 Å². The molecule has 7 nitrogen and oxygen atoms in total. The van der Waals surface area contributed by atoms with Gasteiger partial charge in [-0.05, 0) is 13.3 Å². The molecule has 1 unspecified atom stereocenters. The number of carbonyl (C=O) groups is 1. The number of likely N-dealkylation sites (tertiary alicyclic amines) is 1. The number of hydrogen-bond acceptors (Lipinski definition) is 6. The second-order valence-corrected chi connectivity index (χ2v) is 7.05. The number of nitrogens with one attached hydrogen (secondary N) is 1. The van der Waals surface area contributed by atoms with E-state index in [4.69, 9.17) is 0 Å². The summed E-state index contributed by atoms with van der Waals surface area (Å²) in [6.45, 7) is 7.20. The topological polar surface area (TPSA) is 78.7 Å². The van der Waals surface area contributed by atoms with Crippen LogP contribution >= 0.6 is 23.7 Å². The monoisotopic (exact) mass is 360 g/mol. The Balaban J connectivity index is 0.00000192. The van der Waals surface area contributed by atoms with Crippen molar-refractivity contribution in [3.05, 3.63) is 25.9 Å². The summed E-state index contributed by atoms with van der Waals surface area (Å²) in [6, 6.07) is 1.84. The minimum Gasteiger partial charge on any atom is -0.336 e. The fourth-order valence-electron chi connectivity index (χ4n) is 3.19. The van der Waals surface area contributed by atoms with Crippen molar-refractivity contribution in [2.75, 3.05) is 39.3 Å². The van der Waals surface area contributed by atoms with Gasteiger partial charge in [-0.15, -0.1) is 23.7 Å².